The van der Waals surface area contributed by atoms with E-state index in [9.17, 15) is 38.4 Å². The summed E-state index contributed by atoms with van der Waals surface area (Å²) in [5, 5.41) is 14.1. The van der Waals surface area contributed by atoms with Gasteiger partial charge in [0.05, 0.1) is 18.3 Å². The summed E-state index contributed by atoms with van der Waals surface area (Å²) in [7, 11) is 5.41. The SMILES string of the molecule is BrCC1CCNCC1.CC(=O)Cl.CC(=O)N1CCC(CBr)CC1.CC(=O)N1CCC(CBr)CC1.COC1CCC2(CC1)Cc1ccc(CCC3CC3)cc1C21N=C(N)N(CC2CCN(C(C)=O)CC2)C1=O.COC1CCC2(CC1)Cc1ccc(CCC3CC3)cc1C21N=C(SCC2CCN(C(C)=O)CC2)N(CC2CCN(C(C)=O)CC2)C1=O.COC1CCC2(CC1)Cc1ccc(CCC3CC3)cc1C21NC(=S)NC1=O.Cl. The molecule has 6 saturated carbocycles. The van der Waals surface area contributed by atoms with E-state index in [4.69, 9.17) is 42.1 Å². The number of benzene rings is 3. The van der Waals surface area contributed by atoms with E-state index in [1.54, 1.807) is 65.5 Å². The second-order valence-electron chi connectivity index (χ2n) is 46.1. The predicted molar refractivity (Wildman–Crippen MR) is 598 cm³/mol. The summed E-state index contributed by atoms with van der Waals surface area (Å²) in [4.78, 5) is 135. The second kappa shape index (κ2) is 52.5. The van der Waals surface area contributed by atoms with Crippen molar-refractivity contribution in [1.82, 2.24) is 50.2 Å². The number of nitrogens with two attached hydrogens (primary N) is 1. The highest BCUT2D eigenvalue weighted by molar-refractivity contribution is 9.09. The Balaban J connectivity index is 0.000000151. The fourth-order valence-corrected chi connectivity index (χ4v) is 30.1. The van der Waals surface area contributed by atoms with Gasteiger partial charge in [0.15, 0.2) is 32.9 Å². The maximum absolute atomic E-state index is 15.4. The number of halogens is 5. The van der Waals surface area contributed by atoms with Crippen LogP contribution >= 0.6 is 95.8 Å². The molecule has 32 heteroatoms. The van der Waals surface area contributed by atoms with E-state index < -0.39 is 16.6 Å². The molecule has 18 aliphatic rings. The van der Waals surface area contributed by atoms with Gasteiger partial charge in [0.25, 0.3) is 17.7 Å². The number of aliphatic imine (C=N–C) groups is 2. The van der Waals surface area contributed by atoms with Crippen molar-refractivity contribution < 1.29 is 57.4 Å². The highest BCUT2D eigenvalue weighted by atomic mass is 79.9. The van der Waals surface area contributed by atoms with Gasteiger partial charge >= 0.3 is 0 Å². The molecule has 3 unspecified atom stereocenters. The molecule has 8 amide bonds. The fourth-order valence-electron chi connectivity index (χ4n) is 26.7. The average Bonchev–Trinajstić information content (AvgIpc) is 1.51. The first-order chi connectivity index (χ1) is 69.8. The van der Waals surface area contributed by atoms with Crippen LogP contribution in [0.1, 0.15) is 304 Å². The number of alkyl halides is 3. The molecular formula is C114H168Br3Cl2N13O12S2. The van der Waals surface area contributed by atoms with Crippen LogP contribution in [0.25, 0.3) is 0 Å². The zero-order chi connectivity index (χ0) is 103. The quantitative estimate of drug-likeness (QED) is 0.0438. The van der Waals surface area contributed by atoms with Gasteiger partial charge in [0.1, 0.15) is 0 Å². The van der Waals surface area contributed by atoms with Crippen LogP contribution < -0.4 is 21.7 Å². The third-order valence-corrected chi connectivity index (χ3v) is 40.8. The third kappa shape index (κ3) is 27.3. The van der Waals surface area contributed by atoms with Gasteiger partial charge in [-0.3, -0.25) is 53.0 Å². The van der Waals surface area contributed by atoms with Crippen LogP contribution in [-0.4, -0.2) is 256 Å². The van der Waals surface area contributed by atoms with Crippen molar-refractivity contribution in [3.63, 3.8) is 0 Å². The van der Waals surface area contributed by atoms with Crippen molar-refractivity contribution in [2.75, 3.05) is 135 Å². The largest absolute Gasteiger partial charge is 0.381 e. The van der Waals surface area contributed by atoms with Crippen molar-refractivity contribution in [3.8, 4) is 0 Å². The Morgan fingerprint density at radius 1 is 0.425 bits per heavy atom. The van der Waals surface area contributed by atoms with E-state index >= 15 is 4.79 Å². The van der Waals surface area contributed by atoms with Crippen molar-refractivity contribution in [2.45, 2.75) is 327 Å². The van der Waals surface area contributed by atoms with E-state index in [0.29, 0.717) is 48.0 Å². The monoisotopic (exact) mass is 2280 g/mol. The summed E-state index contributed by atoms with van der Waals surface area (Å²) >= 11 is 22.2. The van der Waals surface area contributed by atoms with Crippen LogP contribution in [0.5, 0.6) is 0 Å². The number of guanidine groups is 1. The number of likely N-dealkylation sites (tertiary alicyclic amines) is 5. The lowest BCUT2D eigenvalue weighted by Crippen LogP contribution is -2.56. The lowest BCUT2D eigenvalue weighted by Gasteiger charge is -2.46. The molecule has 9 aliphatic carbocycles. The lowest BCUT2D eigenvalue weighted by molar-refractivity contribution is -0.139. The van der Waals surface area contributed by atoms with Crippen LogP contribution in [-0.2, 0) is 113 Å². The van der Waals surface area contributed by atoms with Crippen molar-refractivity contribution in [2.24, 2.45) is 85.2 Å². The highest BCUT2D eigenvalue weighted by Crippen LogP contribution is 2.66. The molecule has 146 heavy (non-hydrogen) atoms. The van der Waals surface area contributed by atoms with Crippen LogP contribution in [0.2, 0.25) is 0 Å². The number of fused-ring (bicyclic) bond motifs is 9. The van der Waals surface area contributed by atoms with Crippen LogP contribution in [0, 0.1) is 69.5 Å². The number of amidine groups is 1. The van der Waals surface area contributed by atoms with Crippen molar-refractivity contribution in [3.05, 3.63) is 105 Å². The number of ether oxygens (including phenoxy) is 3. The smallest absolute Gasteiger partial charge is 0.262 e. The number of amides is 8. The number of thioether (sulfide) groups is 1. The molecule has 9 aliphatic heterocycles. The molecule has 0 bridgehead atoms. The van der Waals surface area contributed by atoms with E-state index in [-0.39, 0.29) is 93.4 Å². The molecule has 3 aromatic rings. The van der Waals surface area contributed by atoms with Gasteiger partial charge in [-0.1, -0.05) is 153 Å². The molecule has 3 atom stereocenters. The minimum atomic E-state index is -0.916. The Hall–Kier alpha value is -5.67. The number of carbonyl (C=O) groups excluding carboxylic acids is 9. The molecule has 808 valence electrons. The van der Waals surface area contributed by atoms with E-state index in [2.05, 4.69) is 135 Å². The minimum absolute atomic E-state index is 0. The first-order valence-electron chi connectivity index (χ1n) is 55.4. The van der Waals surface area contributed by atoms with Crippen molar-refractivity contribution in [1.29, 1.82) is 0 Å². The summed E-state index contributed by atoms with van der Waals surface area (Å²) in [6.45, 7) is 21.7. The van der Waals surface area contributed by atoms with E-state index in [1.165, 1.54) is 140 Å². The average molecular weight is 2290 g/mol. The van der Waals surface area contributed by atoms with Crippen LogP contribution in [0.3, 0.4) is 0 Å². The standard InChI is InChI=1S/C38H54N4O4S.C30H42N4O3.C22H28N2O2S.2C8H14BrNO.C6H12BrN.C2H3ClO.ClH/c1-26(43)40-18-12-30(13-19-40)24-42-35(45)38(39-36(42)47-25-31-14-20-41(21-15-31)27(2)44)34-22-29(7-6-28-4-5-28)8-9-32(34)23-37(38)16-10-33(46-3)11-17-37;1-20(35)33-15-11-23(12-16-33)19-34-27(36)30(32-28(34)31)26-17-22(6-5-21-3-4-21)7-8-24(26)18-29(30)13-9-25(37-2)10-14-29;1-26-17-8-10-21(11-9-17)13-16-7-6-15(5-4-14-2-3-14)12-18(16)22(21)19(25)23-20(27)24-22;2*1-7(11)10-4-2-8(6-9)3-5-10;7-5-6-1-3-8-4-2-6;1-2(3)4;/h8-9,22,28,30-31,33H,4-7,10-21,23-25H2,1-3H3;7-8,17,21,23,25H,3-6,9-16,18-19H2,1-2H3,(H2,31,32);6-7,12,14,17H,2-5,8-11,13H2,1H3,(H2,23,24,25,27);2*8H,2-6H2,1H3;6,8H,1-5H2;1H3;1H. The van der Waals surface area contributed by atoms with Gasteiger partial charge in [-0.05, 0) is 352 Å². The van der Waals surface area contributed by atoms with Crippen molar-refractivity contribution >= 4 is 165 Å². The summed E-state index contributed by atoms with van der Waals surface area (Å²) in [6, 6.07) is 20.7. The highest BCUT2D eigenvalue weighted by Gasteiger charge is 2.70. The maximum Gasteiger partial charge on any atom is 0.262 e. The van der Waals surface area contributed by atoms with Gasteiger partial charge in [-0.25, -0.2) is 9.98 Å². The van der Waals surface area contributed by atoms with E-state index in [1.807, 2.05) is 31.6 Å². The Morgan fingerprint density at radius 2 is 0.733 bits per heavy atom. The first-order valence-corrected chi connectivity index (χ1v) is 60.5. The molecule has 5 N–H and O–H groups in total. The molecule has 7 saturated heterocycles. The van der Waals surface area contributed by atoms with Gasteiger partial charge in [0.2, 0.25) is 34.8 Å². The second-order valence-corrected chi connectivity index (χ2v) is 49.9. The molecule has 25 nitrogen and oxygen atoms in total. The lowest BCUT2D eigenvalue weighted by atomic mass is 9.61. The zero-order valence-electron chi connectivity index (χ0n) is 88.7. The summed E-state index contributed by atoms with van der Waals surface area (Å²) < 4.78 is 17.2. The Kier molecular flexibility index (Phi) is 41.7. The van der Waals surface area contributed by atoms with Crippen LogP contribution in [0.4, 0.5) is 0 Å². The number of thiocarbonyl (C=S) groups is 1. The Morgan fingerprint density at radius 3 is 1.06 bits per heavy atom. The normalized spacial score (nSPS) is 28.7. The third-order valence-electron chi connectivity index (χ3n) is 36.7. The number of hydrogen-bond acceptors (Lipinski definition) is 18. The number of nitrogens with one attached hydrogen (secondary N) is 3. The van der Waals surface area contributed by atoms with Gasteiger partial charge in [0, 0.05) is 179 Å². The predicted octanol–water partition coefficient (Wildman–Crippen LogP) is 18.8. The summed E-state index contributed by atoms with van der Waals surface area (Å²) in [5.41, 5.74) is 14.9. The molecule has 6 spiro atoms. The number of aryl methyl sites for hydroxylation is 3. The molecule has 0 aromatic heterocycles. The number of rotatable bonds is 21. The molecule has 9 heterocycles. The number of nitrogens with zero attached hydrogens (tertiary/aromatic N) is 9. The number of methoxy groups -OCH3 is 3. The first kappa shape index (κ1) is 116. The summed E-state index contributed by atoms with van der Waals surface area (Å²) in [5.74, 6) is 8.83. The van der Waals surface area contributed by atoms with Gasteiger partial charge in [-0.2, -0.15) is 0 Å². The van der Waals surface area contributed by atoms with Gasteiger partial charge in [-0.15, -0.1) is 12.4 Å². The Bertz CT molecular complexity index is 5020. The molecule has 3 aromatic carbocycles. The zero-order valence-corrected chi connectivity index (χ0v) is 96.6. The topological polar surface area (TPSA) is 291 Å². The minimum Gasteiger partial charge on any atom is -0.381 e. The molecule has 13 fully saturated rings. The molecule has 0 radical (unpaired) electrons. The molecular weight excluding hydrogens is 2120 g/mol. The van der Waals surface area contributed by atoms with E-state index in [0.717, 1.165) is 308 Å². The molecule has 21 rings (SSSR count). The number of carbonyl (C=O) groups is 9. The fraction of sp³-hybridized carbons (Fsp3) is 0.737. The van der Waals surface area contributed by atoms with Gasteiger partial charge < -0.3 is 60.4 Å². The van der Waals surface area contributed by atoms with Crippen LogP contribution in [0.15, 0.2) is 64.6 Å². The maximum atomic E-state index is 15.4. The Labute approximate surface area is 916 Å². The summed E-state index contributed by atoms with van der Waals surface area (Å²) in [6.07, 6.45) is 43.2. The number of piperidine rings is 6. The number of hydrogen-bond donors (Lipinski definition) is 4.